The number of nitrogens with one attached hydrogen (secondary N) is 2. The van der Waals surface area contributed by atoms with Crippen LogP contribution in [-0.4, -0.2) is 20.7 Å². The van der Waals surface area contributed by atoms with Crippen LogP contribution in [-0.2, 0) is 0 Å². The van der Waals surface area contributed by atoms with Crippen LogP contribution in [0.2, 0.25) is 10.0 Å². The minimum Gasteiger partial charge on any atom is -0.459 e. The van der Waals surface area contributed by atoms with Gasteiger partial charge in [-0.3, -0.25) is 10.1 Å². The molecule has 0 fully saturated rings. The predicted octanol–water partition coefficient (Wildman–Crippen LogP) is 5.58. The number of carbonyl (C=O) groups excluding carboxylic acids is 1. The zero-order valence-corrected chi connectivity index (χ0v) is 17.6. The molecule has 0 saturated carbocycles. The van der Waals surface area contributed by atoms with Crippen molar-refractivity contribution in [2.24, 2.45) is 0 Å². The first-order valence-electron chi connectivity index (χ1n) is 9.66. The summed E-state index contributed by atoms with van der Waals surface area (Å²) in [7, 11) is 0. The van der Waals surface area contributed by atoms with Crippen molar-refractivity contribution in [1.29, 1.82) is 0 Å². The highest BCUT2D eigenvalue weighted by atomic mass is 35.5. The van der Waals surface area contributed by atoms with Gasteiger partial charge in [0.05, 0.1) is 18.3 Å². The molecule has 31 heavy (non-hydrogen) atoms. The highest BCUT2D eigenvalue weighted by Crippen LogP contribution is 2.40. The van der Waals surface area contributed by atoms with Gasteiger partial charge in [-0.1, -0.05) is 53.5 Å². The van der Waals surface area contributed by atoms with Crippen molar-refractivity contribution in [2.45, 2.75) is 18.5 Å². The molecular weight excluding hydrogens is 437 g/mol. The predicted molar refractivity (Wildman–Crippen MR) is 119 cm³/mol. The van der Waals surface area contributed by atoms with Crippen LogP contribution in [0.4, 0.5) is 11.9 Å². The van der Waals surface area contributed by atoms with Crippen LogP contribution in [0, 0.1) is 0 Å². The van der Waals surface area contributed by atoms with Gasteiger partial charge in [0.25, 0.3) is 11.9 Å². The first-order chi connectivity index (χ1) is 15.1. The second-order valence-electron chi connectivity index (χ2n) is 7.16. The van der Waals surface area contributed by atoms with Crippen molar-refractivity contribution in [1.82, 2.24) is 14.8 Å². The normalized spacial score (nSPS) is 17.6. The molecule has 7 nitrogen and oxygen atoms in total. The van der Waals surface area contributed by atoms with E-state index in [0.717, 1.165) is 11.1 Å². The fraction of sp³-hybridized carbons (Fsp3) is 0.136. The Balaban J connectivity index is 1.52. The summed E-state index contributed by atoms with van der Waals surface area (Å²) in [6, 6.07) is 18.3. The molecule has 1 aliphatic rings. The Labute approximate surface area is 188 Å². The van der Waals surface area contributed by atoms with Crippen molar-refractivity contribution >= 4 is 41.0 Å². The lowest BCUT2D eigenvalue weighted by Gasteiger charge is -2.32. The van der Waals surface area contributed by atoms with Crippen LogP contribution in [0.15, 0.2) is 71.3 Å². The molecule has 3 heterocycles. The molecule has 1 aliphatic heterocycles. The van der Waals surface area contributed by atoms with Gasteiger partial charge >= 0.3 is 0 Å². The molecule has 2 unspecified atom stereocenters. The summed E-state index contributed by atoms with van der Waals surface area (Å²) in [6.07, 6.45) is 2.12. The molecule has 2 atom stereocenters. The number of rotatable bonds is 4. The maximum Gasteiger partial charge on any atom is 0.293 e. The van der Waals surface area contributed by atoms with E-state index >= 15 is 0 Å². The second-order valence-corrected chi connectivity index (χ2v) is 8.00. The van der Waals surface area contributed by atoms with Crippen molar-refractivity contribution in [2.75, 3.05) is 10.6 Å². The molecule has 2 aromatic heterocycles. The molecule has 0 saturated heterocycles. The Morgan fingerprint density at radius 2 is 1.90 bits per heavy atom. The highest BCUT2D eigenvalue weighted by Gasteiger charge is 2.32. The van der Waals surface area contributed by atoms with Gasteiger partial charge in [0.15, 0.2) is 5.76 Å². The molecule has 0 bridgehead atoms. The van der Waals surface area contributed by atoms with Crippen LogP contribution in [0.1, 0.15) is 40.2 Å². The Morgan fingerprint density at radius 1 is 1.10 bits per heavy atom. The van der Waals surface area contributed by atoms with Crippen LogP contribution in [0.3, 0.4) is 0 Å². The summed E-state index contributed by atoms with van der Waals surface area (Å²) < 4.78 is 6.90. The van der Waals surface area contributed by atoms with E-state index in [0.29, 0.717) is 22.4 Å². The van der Waals surface area contributed by atoms with Crippen LogP contribution in [0.5, 0.6) is 0 Å². The van der Waals surface area contributed by atoms with E-state index in [2.05, 4.69) is 20.7 Å². The van der Waals surface area contributed by atoms with E-state index in [-0.39, 0.29) is 23.8 Å². The molecule has 0 aliphatic carbocycles. The fourth-order valence-corrected chi connectivity index (χ4v) is 4.11. The molecule has 4 aromatic rings. The van der Waals surface area contributed by atoms with Gasteiger partial charge in [-0.2, -0.15) is 4.98 Å². The SMILES string of the molecule is O=C(Nc1nc2n(n1)C(c1ccccc1Cl)CC(c1ccc(Cl)cc1)N2)c1ccco1. The third-order valence-electron chi connectivity index (χ3n) is 5.20. The summed E-state index contributed by atoms with van der Waals surface area (Å²) in [5.74, 6) is 0.475. The number of hydrogen-bond acceptors (Lipinski definition) is 5. The molecule has 5 rings (SSSR count). The van der Waals surface area contributed by atoms with E-state index in [1.54, 1.807) is 16.8 Å². The molecule has 0 radical (unpaired) electrons. The number of halogens is 2. The Morgan fingerprint density at radius 3 is 2.65 bits per heavy atom. The van der Waals surface area contributed by atoms with Gasteiger partial charge in [-0.15, -0.1) is 5.10 Å². The average molecular weight is 454 g/mol. The lowest BCUT2D eigenvalue weighted by molar-refractivity contribution is 0.0995. The standard InChI is InChI=1S/C22H17Cl2N5O2/c23-14-9-7-13(8-10-14)17-12-18(15-4-1-2-5-16(15)24)29-22(25-17)27-21(28-29)26-20(30)19-6-3-11-31-19/h1-11,17-18H,12H2,(H2,25,26,27,28,30). The zero-order chi connectivity index (χ0) is 21.4. The first-order valence-corrected chi connectivity index (χ1v) is 10.4. The van der Waals surface area contributed by atoms with E-state index in [1.807, 2.05) is 48.5 Å². The van der Waals surface area contributed by atoms with Gasteiger partial charge in [-0.25, -0.2) is 4.68 Å². The topological polar surface area (TPSA) is 85.0 Å². The maximum atomic E-state index is 12.4. The van der Waals surface area contributed by atoms with Gasteiger partial charge in [0, 0.05) is 10.0 Å². The number of furan rings is 1. The van der Waals surface area contributed by atoms with E-state index < -0.39 is 5.91 Å². The van der Waals surface area contributed by atoms with Gasteiger partial charge in [0.2, 0.25) is 5.95 Å². The van der Waals surface area contributed by atoms with E-state index in [9.17, 15) is 4.79 Å². The summed E-state index contributed by atoms with van der Waals surface area (Å²) in [5, 5.41) is 11.9. The minimum absolute atomic E-state index is 0.0381. The summed E-state index contributed by atoms with van der Waals surface area (Å²) in [6.45, 7) is 0. The van der Waals surface area contributed by atoms with Crippen molar-refractivity contribution in [3.8, 4) is 0 Å². The summed E-state index contributed by atoms with van der Waals surface area (Å²) in [5.41, 5.74) is 2.00. The number of benzene rings is 2. The molecular formula is C22H17Cl2N5O2. The maximum absolute atomic E-state index is 12.4. The average Bonchev–Trinajstić information content (AvgIpc) is 3.44. The highest BCUT2D eigenvalue weighted by molar-refractivity contribution is 6.31. The molecule has 2 aromatic carbocycles. The molecule has 9 heteroatoms. The molecule has 1 amide bonds. The smallest absolute Gasteiger partial charge is 0.293 e. The third kappa shape index (κ3) is 3.89. The number of fused-ring (bicyclic) bond motifs is 1. The van der Waals surface area contributed by atoms with Crippen LogP contribution in [0.25, 0.3) is 0 Å². The number of aromatic nitrogens is 3. The lowest BCUT2D eigenvalue weighted by Crippen LogP contribution is -2.28. The Bertz CT molecular complexity index is 1220. The number of hydrogen-bond donors (Lipinski definition) is 2. The third-order valence-corrected chi connectivity index (χ3v) is 5.79. The quantitative estimate of drug-likeness (QED) is 0.421. The molecule has 156 valence electrons. The van der Waals surface area contributed by atoms with Crippen molar-refractivity contribution in [3.05, 3.63) is 93.9 Å². The Hall–Kier alpha value is -3.29. The molecule has 0 spiro atoms. The zero-order valence-electron chi connectivity index (χ0n) is 16.1. The summed E-state index contributed by atoms with van der Waals surface area (Å²) in [4.78, 5) is 16.9. The monoisotopic (exact) mass is 453 g/mol. The Kier molecular flexibility index (Phi) is 5.13. The minimum atomic E-state index is -0.420. The second kappa shape index (κ2) is 8.09. The van der Waals surface area contributed by atoms with Gasteiger partial charge in [-0.05, 0) is 47.9 Å². The van der Waals surface area contributed by atoms with E-state index in [1.165, 1.54) is 6.26 Å². The fourth-order valence-electron chi connectivity index (χ4n) is 3.72. The van der Waals surface area contributed by atoms with Crippen molar-refractivity contribution in [3.63, 3.8) is 0 Å². The van der Waals surface area contributed by atoms with Crippen molar-refractivity contribution < 1.29 is 9.21 Å². The number of anilines is 2. The number of carbonyl (C=O) groups is 1. The molecule has 2 N–H and O–H groups in total. The van der Waals surface area contributed by atoms with Gasteiger partial charge in [0.1, 0.15) is 0 Å². The first kappa shape index (κ1) is 19.7. The van der Waals surface area contributed by atoms with Crippen LogP contribution >= 0.6 is 23.2 Å². The number of amides is 1. The number of nitrogens with zero attached hydrogens (tertiary/aromatic N) is 3. The largest absolute Gasteiger partial charge is 0.459 e. The lowest BCUT2D eigenvalue weighted by atomic mass is 9.93. The van der Waals surface area contributed by atoms with E-state index in [4.69, 9.17) is 27.6 Å². The summed E-state index contributed by atoms with van der Waals surface area (Å²) >= 11 is 12.6. The van der Waals surface area contributed by atoms with Gasteiger partial charge < -0.3 is 9.73 Å². The van der Waals surface area contributed by atoms with Crippen LogP contribution < -0.4 is 10.6 Å².